The lowest BCUT2D eigenvalue weighted by Crippen LogP contribution is -2.22. The van der Waals surface area contributed by atoms with E-state index in [1.54, 1.807) is 7.05 Å². The van der Waals surface area contributed by atoms with Crippen LogP contribution in [0.4, 0.5) is 0 Å². The molecule has 0 saturated carbocycles. The van der Waals surface area contributed by atoms with Crippen molar-refractivity contribution in [3.8, 4) is 5.88 Å². The van der Waals surface area contributed by atoms with E-state index in [1.807, 2.05) is 0 Å². The number of aromatic nitrogens is 2. The first-order valence-electron chi connectivity index (χ1n) is 4.92. The molecule has 96 valence electrons. The molecule has 1 heterocycles. The molecule has 1 aromatic heterocycles. The fourth-order valence-corrected chi connectivity index (χ4v) is 1.86. The van der Waals surface area contributed by atoms with Gasteiger partial charge in [-0.05, 0) is 0 Å². The van der Waals surface area contributed by atoms with Crippen molar-refractivity contribution in [2.24, 2.45) is 7.05 Å². The maximum atomic E-state index is 11.2. The molecule has 0 aromatic carbocycles. The Balaban J connectivity index is 2.52. The summed E-state index contributed by atoms with van der Waals surface area (Å²) in [6, 6.07) is 1.47. The van der Waals surface area contributed by atoms with Gasteiger partial charge in [0, 0.05) is 19.3 Å². The maximum Gasteiger partial charge on any atom is 0.350 e. The number of ether oxygens (including phenoxy) is 1. The monoisotopic (exact) mass is 262 g/mol. The summed E-state index contributed by atoms with van der Waals surface area (Å²) in [7, 11) is -1.76. The van der Waals surface area contributed by atoms with Crippen LogP contribution in [0.1, 0.15) is 0 Å². The van der Waals surface area contributed by atoms with Gasteiger partial charge in [0.05, 0.1) is 18.1 Å². The molecular weight excluding hydrogens is 248 g/mol. The van der Waals surface area contributed by atoms with Crippen LogP contribution in [0.25, 0.3) is 0 Å². The zero-order valence-electron chi connectivity index (χ0n) is 9.37. The number of sulfone groups is 1. The number of hydrogen-bond donors (Lipinski definition) is 1. The maximum absolute atomic E-state index is 11.2. The number of hydrogen-bond acceptors (Lipinski definition) is 6. The molecule has 17 heavy (non-hydrogen) atoms. The third kappa shape index (κ3) is 4.53. The summed E-state index contributed by atoms with van der Waals surface area (Å²) in [4.78, 5) is 14.7. The fraction of sp³-hybridized carbons (Fsp3) is 0.556. The van der Waals surface area contributed by atoms with E-state index in [2.05, 4.69) is 4.98 Å². The summed E-state index contributed by atoms with van der Waals surface area (Å²) in [6.07, 6.45) is 1.48. The van der Waals surface area contributed by atoms with E-state index >= 15 is 0 Å². The lowest BCUT2D eigenvalue weighted by Gasteiger charge is -2.05. The lowest BCUT2D eigenvalue weighted by molar-refractivity contribution is 0.315. The zero-order valence-corrected chi connectivity index (χ0v) is 10.2. The van der Waals surface area contributed by atoms with Crippen molar-refractivity contribution in [2.45, 2.75) is 0 Å². The molecule has 7 nitrogen and oxygen atoms in total. The van der Waals surface area contributed by atoms with Crippen LogP contribution in [0.3, 0.4) is 0 Å². The van der Waals surface area contributed by atoms with E-state index in [1.165, 1.54) is 16.8 Å². The third-order valence-corrected chi connectivity index (χ3v) is 3.59. The highest BCUT2D eigenvalue weighted by molar-refractivity contribution is 7.91. The second-order valence-corrected chi connectivity index (χ2v) is 5.69. The Labute approximate surface area is 98.6 Å². The molecule has 1 N–H and O–H groups in total. The Morgan fingerprint density at radius 1 is 1.47 bits per heavy atom. The van der Waals surface area contributed by atoms with Crippen molar-refractivity contribution in [3.63, 3.8) is 0 Å². The second-order valence-electron chi connectivity index (χ2n) is 3.38. The fourth-order valence-electron chi connectivity index (χ4n) is 1.04. The van der Waals surface area contributed by atoms with E-state index < -0.39 is 22.1 Å². The zero-order chi connectivity index (χ0) is 12.9. The van der Waals surface area contributed by atoms with Crippen LogP contribution >= 0.6 is 0 Å². The minimum absolute atomic E-state index is 0.0901. The van der Waals surface area contributed by atoms with Gasteiger partial charge in [-0.3, -0.25) is 0 Å². The predicted octanol–water partition coefficient (Wildman–Crippen LogP) is -1.43. The van der Waals surface area contributed by atoms with Crippen LogP contribution in [-0.2, 0) is 16.9 Å². The predicted molar refractivity (Wildman–Crippen MR) is 60.7 cm³/mol. The Hall–Kier alpha value is -1.41. The molecule has 0 bridgehead atoms. The smallest absolute Gasteiger partial charge is 0.350 e. The Morgan fingerprint density at radius 2 is 2.18 bits per heavy atom. The van der Waals surface area contributed by atoms with E-state index in [9.17, 15) is 13.2 Å². The molecule has 0 unspecified atom stereocenters. The van der Waals surface area contributed by atoms with Gasteiger partial charge >= 0.3 is 5.69 Å². The minimum atomic E-state index is -3.31. The Bertz CT molecular complexity index is 522. The lowest BCUT2D eigenvalue weighted by atomic mass is 10.6. The van der Waals surface area contributed by atoms with Crippen LogP contribution in [0.5, 0.6) is 5.88 Å². The first kappa shape index (κ1) is 13.7. The number of rotatable bonds is 6. The van der Waals surface area contributed by atoms with Gasteiger partial charge in [0.25, 0.3) is 0 Å². The summed E-state index contributed by atoms with van der Waals surface area (Å²) in [5, 5.41) is 8.51. The first-order valence-corrected chi connectivity index (χ1v) is 6.74. The van der Waals surface area contributed by atoms with Gasteiger partial charge in [0.2, 0.25) is 5.88 Å². The van der Waals surface area contributed by atoms with Gasteiger partial charge in [0.1, 0.15) is 6.61 Å². The minimum Gasteiger partial charge on any atom is -0.476 e. The number of aliphatic hydroxyl groups excluding tert-OH is 1. The molecule has 0 radical (unpaired) electrons. The summed E-state index contributed by atoms with van der Waals surface area (Å²) >= 11 is 0. The van der Waals surface area contributed by atoms with Gasteiger partial charge in [-0.2, -0.15) is 4.98 Å². The van der Waals surface area contributed by atoms with Crippen molar-refractivity contribution in [3.05, 3.63) is 22.7 Å². The van der Waals surface area contributed by atoms with Crippen LogP contribution in [0.15, 0.2) is 17.1 Å². The highest BCUT2D eigenvalue weighted by Gasteiger charge is 2.10. The normalized spacial score (nSPS) is 11.4. The molecule has 0 aliphatic heterocycles. The Morgan fingerprint density at radius 3 is 2.76 bits per heavy atom. The average Bonchev–Trinajstić information content (AvgIpc) is 2.23. The molecule has 0 aliphatic carbocycles. The SMILES string of the molecule is Cn1ccc(OCCS(=O)(=O)CCO)nc1=O. The summed E-state index contributed by atoms with van der Waals surface area (Å²) in [6.45, 7) is -0.505. The van der Waals surface area contributed by atoms with Crippen molar-refractivity contribution < 1.29 is 18.3 Å². The van der Waals surface area contributed by atoms with Gasteiger partial charge in [-0.1, -0.05) is 0 Å². The Kier molecular flexibility index (Phi) is 4.64. The van der Waals surface area contributed by atoms with E-state index in [0.717, 1.165) is 0 Å². The molecule has 1 aromatic rings. The average molecular weight is 262 g/mol. The standard InChI is InChI=1S/C9H14N2O5S/c1-11-3-2-8(10-9(11)13)16-5-7-17(14,15)6-4-12/h2-3,12H,4-7H2,1H3. The molecule has 0 saturated heterocycles. The van der Waals surface area contributed by atoms with Gasteiger partial charge in [0.15, 0.2) is 9.84 Å². The highest BCUT2D eigenvalue weighted by atomic mass is 32.2. The van der Waals surface area contributed by atoms with Crippen LogP contribution < -0.4 is 10.4 Å². The largest absolute Gasteiger partial charge is 0.476 e. The molecule has 0 aliphatic rings. The molecule has 0 spiro atoms. The topological polar surface area (TPSA) is 98.5 Å². The number of aryl methyl sites for hydroxylation is 1. The van der Waals surface area contributed by atoms with Crippen molar-refractivity contribution in [1.29, 1.82) is 0 Å². The van der Waals surface area contributed by atoms with Crippen molar-refractivity contribution in [1.82, 2.24) is 9.55 Å². The molecule has 0 amide bonds. The molecule has 8 heteroatoms. The summed E-state index contributed by atoms with van der Waals surface area (Å²) in [5.74, 6) is -0.419. The van der Waals surface area contributed by atoms with Crippen LogP contribution in [0, 0.1) is 0 Å². The molecular formula is C9H14N2O5S. The van der Waals surface area contributed by atoms with Gasteiger partial charge < -0.3 is 14.4 Å². The number of aliphatic hydroxyl groups is 1. The van der Waals surface area contributed by atoms with E-state index in [0.29, 0.717) is 0 Å². The molecule has 1 rings (SSSR count). The van der Waals surface area contributed by atoms with E-state index in [-0.39, 0.29) is 24.0 Å². The summed E-state index contributed by atoms with van der Waals surface area (Å²) < 4.78 is 28.7. The first-order chi connectivity index (χ1) is 7.94. The second kappa shape index (κ2) is 5.78. The number of nitrogens with zero attached hydrogens (tertiary/aromatic N) is 2. The van der Waals surface area contributed by atoms with Crippen molar-refractivity contribution in [2.75, 3.05) is 24.7 Å². The van der Waals surface area contributed by atoms with Crippen LogP contribution in [0.2, 0.25) is 0 Å². The van der Waals surface area contributed by atoms with Gasteiger partial charge in [-0.25, -0.2) is 13.2 Å². The summed E-state index contributed by atoms with van der Waals surface area (Å²) in [5.41, 5.74) is -0.472. The van der Waals surface area contributed by atoms with Gasteiger partial charge in [-0.15, -0.1) is 0 Å². The highest BCUT2D eigenvalue weighted by Crippen LogP contribution is 2.01. The third-order valence-electron chi connectivity index (χ3n) is 1.99. The quantitative estimate of drug-likeness (QED) is 0.674. The van der Waals surface area contributed by atoms with E-state index in [4.69, 9.17) is 9.84 Å². The van der Waals surface area contributed by atoms with Crippen molar-refractivity contribution >= 4 is 9.84 Å². The molecule has 0 atom stereocenters. The van der Waals surface area contributed by atoms with Crippen LogP contribution in [-0.4, -0.2) is 47.8 Å². The molecule has 0 fully saturated rings.